The third-order valence-corrected chi connectivity index (χ3v) is 4.01. The number of hydrogen-bond donors (Lipinski definition) is 2. The highest BCUT2D eigenvalue weighted by Gasteiger charge is 2.04. The second-order valence-electron chi connectivity index (χ2n) is 6.36. The number of aliphatic hydroxyl groups excluding tert-OH is 1. The van der Waals surface area contributed by atoms with E-state index in [-0.39, 0.29) is 11.9 Å². The minimum Gasteiger partial charge on any atom is -0.505 e. The molecule has 1 unspecified atom stereocenters. The van der Waals surface area contributed by atoms with Crippen molar-refractivity contribution in [3.63, 3.8) is 0 Å². The normalized spacial score (nSPS) is 12.4. The summed E-state index contributed by atoms with van der Waals surface area (Å²) in [5.74, 6) is 1.25. The average Bonchev–Trinajstić information content (AvgIpc) is 2.69. The number of rotatable bonds is 7. The second-order valence-corrected chi connectivity index (χ2v) is 6.36. The van der Waals surface area contributed by atoms with Crippen LogP contribution in [0.5, 0.6) is 5.75 Å². The summed E-state index contributed by atoms with van der Waals surface area (Å²) in [6.45, 7) is 1.81. The lowest BCUT2D eigenvalue weighted by molar-refractivity contribution is 0.182. The van der Waals surface area contributed by atoms with Crippen LogP contribution >= 0.6 is 0 Å². The lowest BCUT2D eigenvalue weighted by Gasteiger charge is -2.03. The number of aromatic nitrogens is 4. The van der Waals surface area contributed by atoms with Crippen molar-refractivity contribution in [1.29, 1.82) is 0 Å². The molecule has 0 aliphatic rings. The van der Waals surface area contributed by atoms with Crippen LogP contribution in [-0.2, 0) is 0 Å². The van der Waals surface area contributed by atoms with Crippen LogP contribution in [0.1, 0.15) is 31.7 Å². The first kappa shape index (κ1) is 18.7. The lowest BCUT2D eigenvalue weighted by Crippen LogP contribution is -1.97. The molecule has 0 radical (unpaired) electrons. The van der Waals surface area contributed by atoms with Gasteiger partial charge in [-0.15, -0.1) is 0 Å². The summed E-state index contributed by atoms with van der Waals surface area (Å²) in [7, 11) is 0. The molecule has 2 aromatic heterocycles. The Morgan fingerprint density at radius 1 is 0.889 bits per heavy atom. The van der Waals surface area contributed by atoms with Gasteiger partial charge in [0.2, 0.25) is 0 Å². The molecule has 0 saturated heterocycles. The molecule has 2 heterocycles. The molecular formula is C21H22N4O2. The second kappa shape index (κ2) is 9.00. The number of benzene rings is 1. The Bertz CT molecular complexity index is 874. The minimum absolute atomic E-state index is 0.0425. The summed E-state index contributed by atoms with van der Waals surface area (Å²) in [6, 6.07) is 7.65. The third-order valence-electron chi connectivity index (χ3n) is 4.01. The van der Waals surface area contributed by atoms with Crippen LogP contribution in [0.15, 0.2) is 55.1 Å². The molecule has 3 aromatic rings. The van der Waals surface area contributed by atoms with Gasteiger partial charge in [0, 0.05) is 29.1 Å². The molecule has 0 bridgehead atoms. The SMILES string of the molecule is CC(O)CCC/C=C/c1cnc(-c2ccc(-c3ncc(O)cn3)cc2)nc1. The molecule has 0 fully saturated rings. The van der Waals surface area contributed by atoms with Crippen molar-refractivity contribution < 1.29 is 10.2 Å². The van der Waals surface area contributed by atoms with Gasteiger partial charge in [-0.2, -0.15) is 0 Å². The predicted octanol–water partition coefficient (Wildman–Crippen LogP) is 3.87. The quantitative estimate of drug-likeness (QED) is 0.620. The van der Waals surface area contributed by atoms with E-state index in [2.05, 4.69) is 26.0 Å². The van der Waals surface area contributed by atoms with E-state index in [1.165, 1.54) is 12.4 Å². The van der Waals surface area contributed by atoms with E-state index in [4.69, 9.17) is 0 Å². The van der Waals surface area contributed by atoms with Gasteiger partial charge in [-0.25, -0.2) is 19.9 Å². The van der Waals surface area contributed by atoms with E-state index < -0.39 is 0 Å². The predicted molar refractivity (Wildman–Crippen MR) is 105 cm³/mol. The number of hydrogen-bond acceptors (Lipinski definition) is 6. The zero-order valence-electron chi connectivity index (χ0n) is 15.2. The molecule has 27 heavy (non-hydrogen) atoms. The van der Waals surface area contributed by atoms with Crippen molar-refractivity contribution in [2.24, 2.45) is 0 Å². The van der Waals surface area contributed by atoms with Gasteiger partial charge in [-0.3, -0.25) is 0 Å². The van der Waals surface area contributed by atoms with Gasteiger partial charge in [0.1, 0.15) is 0 Å². The highest BCUT2D eigenvalue weighted by molar-refractivity contribution is 5.63. The third kappa shape index (κ3) is 5.43. The molecule has 6 nitrogen and oxygen atoms in total. The Kier molecular flexibility index (Phi) is 6.22. The van der Waals surface area contributed by atoms with Crippen molar-refractivity contribution in [2.75, 3.05) is 0 Å². The van der Waals surface area contributed by atoms with Gasteiger partial charge in [-0.1, -0.05) is 36.4 Å². The van der Waals surface area contributed by atoms with Gasteiger partial charge in [0.05, 0.1) is 18.5 Å². The fourth-order valence-electron chi connectivity index (χ4n) is 2.56. The number of allylic oxidation sites excluding steroid dienone is 1. The smallest absolute Gasteiger partial charge is 0.159 e. The van der Waals surface area contributed by atoms with Crippen molar-refractivity contribution in [2.45, 2.75) is 32.3 Å². The molecule has 0 spiro atoms. The molecule has 1 aromatic carbocycles. The fraction of sp³-hybridized carbons (Fsp3) is 0.238. The maximum Gasteiger partial charge on any atom is 0.159 e. The standard InChI is InChI=1S/C21H22N4O2/c1-15(26)5-3-2-4-6-16-11-22-20(23-12-16)17-7-9-18(10-8-17)21-24-13-19(27)14-25-21/h4,6-15,26-27H,2-3,5H2,1H3/b6-4+. The molecule has 0 amide bonds. The van der Waals surface area contributed by atoms with E-state index in [1.54, 1.807) is 19.3 Å². The minimum atomic E-state index is -0.243. The summed E-state index contributed by atoms with van der Waals surface area (Å²) >= 11 is 0. The van der Waals surface area contributed by atoms with Crippen LogP contribution in [0.25, 0.3) is 28.9 Å². The number of aliphatic hydroxyl groups is 1. The highest BCUT2D eigenvalue weighted by Crippen LogP contribution is 2.21. The highest BCUT2D eigenvalue weighted by atomic mass is 16.3. The average molecular weight is 362 g/mol. The van der Waals surface area contributed by atoms with Crippen molar-refractivity contribution in [1.82, 2.24) is 19.9 Å². The van der Waals surface area contributed by atoms with Crippen molar-refractivity contribution >= 4 is 6.08 Å². The van der Waals surface area contributed by atoms with Gasteiger partial charge in [0.15, 0.2) is 17.4 Å². The first-order chi connectivity index (χ1) is 13.1. The van der Waals surface area contributed by atoms with E-state index in [0.717, 1.165) is 36.0 Å². The Labute approximate surface area is 158 Å². The van der Waals surface area contributed by atoms with Crippen LogP contribution in [0.3, 0.4) is 0 Å². The van der Waals surface area contributed by atoms with Gasteiger partial charge >= 0.3 is 0 Å². The molecule has 0 saturated carbocycles. The van der Waals surface area contributed by atoms with Gasteiger partial charge in [0.25, 0.3) is 0 Å². The van der Waals surface area contributed by atoms with Crippen LogP contribution in [0, 0.1) is 0 Å². The van der Waals surface area contributed by atoms with E-state index in [9.17, 15) is 10.2 Å². The summed E-state index contributed by atoms with van der Waals surface area (Å²) in [4.78, 5) is 17.0. The first-order valence-electron chi connectivity index (χ1n) is 8.90. The van der Waals surface area contributed by atoms with E-state index in [0.29, 0.717) is 11.6 Å². The Hall–Kier alpha value is -3.12. The largest absolute Gasteiger partial charge is 0.505 e. The zero-order valence-corrected chi connectivity index (χ0v) is 15.2. The monoisotopic (exact) mass is 362 g/mol. The molecule has 0 aliphatic carbocycles. The molecule has 2 N–H and O–H groups in total. The maximum absolute atomic E-state index is 9.26. The first-order valence-corrected chi connectivity index (χ1v) is 8.90. The lowest BCUT2D eigenvalue weighted by atomic mass is 10.1. The molecular weight excluding hydrogens is 340 g/mol. The van der Waals surface area contributed by atoms with Crippen molar-refractivity contribution in [3.8, 4) is 28.5 Å². The van der Waals surface area contributed by atoms with E-state index in [1.807, 2.05) is 30.3 Å². The topological polar surface area (TPSA) is 92.0 Å². The molecule has 0 aliphatic heterocycles. The molecule has 6 heteroatoms. The summed E-state index contributed by atoms with van der Waals surface area (Å²) in [5, 5.41) is 18.5. The number of aromatic hydroxyl groups is 1. The van der Waals surface area contributed by atoms with E-state index >= 15 is 0 Å². The number of nitrogens with zero attached hydrogens (tertiary/aromatic N) is 4. The van der Waals surface area contributed by atoms with Gasteiger partial charge < -0.3 is 10.2 Å². The summed E-state index contributed by atoms with van der Waals surface area (Å²) in [5.41, 5.74) is 2.71. The molecule has 3 rings (SSSR count). The molecule has 1 atom stereocenters. The Morgan fingerprint density at radius 3 is 1.93 bits per heavy atom. The Morgan fingerprint density at radius 2 is 1.41 bits per heavy atom. The van der Waals surface area contributed by atoms with Crippen LogP contribution in [0.2, 0.25) is 0 Å². The molecule has 138 valence electrons. The van der Waals surface area contributed by atoms with Crippen molar-refractivity contribution in [3.05, 3.63) is 60.7 Å². The van der Waals surface area contributed by atoms with Crippen LogP contribution < -0.4 is 0 Å². The zero-order chi connectivity index (χ0) is 19.1. The summed E-state index contributed by atoms with van der Waals surface area (Å²) in [6.07, 6.45) is 12.9. The fourth-order valence-corrected chi connectivity index (χ4v) is 2.56. The Balaban J connectivity index is 1.63. The summed E-state index contributed by atoms with van der Waals surface area (Å²) < 4.78 is 0. The van der Waals surface area contributed by atoms with Crippen LogP contribution in [-0.4, -0.2) is 36.3 Å². The van der Waals surface area contributed by atoms with Crippen LogP contribution in [0.4, 0.5) is 0 Å². The van der Waals surface area contributed by atoms with Gasteiger partial charge in [-0.05, 0) is 26.2 Å². The number of unbranched alkanes of at least 4 members (excludes halogenated alkanes) is 1. The maximum atomic E-state index is 9.26.